The zero-order valence-electron chi connectivity index (χ0n) is 15.0. The van der Waals surface area contributed by atoms with Gasteiger partial charge in [0.15, 0.2) is 0 Å². The number of hydrogen-bond acceptors (Lipinski definition) is 6. The van der Waals surface area contributed by atoms with Crippen LogP contribution >= 0.6 is 15.9 Å². The highest BCUT2D eigenvalue weighted by molar-refractivity contribution is 9.10. The van der Waals surface area contributed by atoms with Gasteiger partial charge in [-0.05, 0) is 53.2 Å². The summed E-state index contributed by atoms with van der Waals surface area (Å²) in [4.78, 5) is 22.6. The standard InChI is InChI=1S/C18H19BrN2O6S/c1-2-26-18(23)12-7-8-16(13(19)11-12)28(24,25)21-14-5-3-4-6-15(14)27-10-9-17(20)22/h3-8,11,21H,2,9-10H2,1H3,(H2,20,22). The molecule has 0 unspecified atom stereocenters. The summed E-state index contributed by atoms with van der Waals surface area (Å²) in [7, 11) is -3.98. The Bertz CT molecular complexity index is 978. The second-order valence-electron chi connectivity index (χ2n) is 5.53. The molecular formula is C18H19BrN2O6S. The maximum atomic E-state index is 12.8. The van der Waals surface area contributed by atoms with E-state index < -0.39 is 21.9 Å². The molecule has 2 aromatic carbocycles. The molecule has 28 heavy (non-hydrogen) atoms. The minimum Gasteiger partial charge on any atom is -0.491 e. The fourth-order valence-corrected chi connectivity index (χ4v) is 4.35. The lowest BCUT2D eigenvalue weighted by molar-refractivity contribution is -0.118. The minimum absolute atomic E-state index is 0.00194. The van der Waals surface area contributed by atoms with Gasteiger partial charge in [0, 0.05) is 4.47 Å². The Labute approximate surface area is 171 Å². The molecule has 2 aromatic rings. The van der Waals surface area contributed by atoms with Crippen LogP contribution in [0.1, 0.15) is 23.7 Å². The Hall–Kier alpha value is -2.59. The Morgan fingerprint density at radius 3 is 2.54 bits per heavy atom. The van der Waals surface area contributed by atoms with E-state index in [4.69, 9.17) is 15.2 Å². The maximum Gasteiger partial charge on any atom is 0.338 e. The first-order chi connectivity index (χ1) is 13.2. The zero-order valence-corrected chi connectivity index (χ0v) is 17.4. The highest BCUT2D eigenvalue weighted by atomic mass is 79.9. The molecule has 0 saturated carbocycles. The van der Waals surface area contributed by atoms with Crippen molar-refractivity contribution < 1.29 is 27.5 Å². The first kappa shape index (κ1) is 21.7. The smallest absolute Gasteiger partial charge is 0.338 e. The van der Waals surface area contributed by atoms with E-state index in [2.05, 4.69) is 20.7 Å². The topological polar surface area (TPSA) is 125 Å². The van der Waals surface area contributed by atoms with E-state index in [0.717, 1.165) is 0 Å². The Morgan fingerprint density at radius 1 is 1.18 bits per heavy atom. The molecule has 0 spiro atoms. The molecule has 0 aliphatic heterocycles. The van der Waals surface area contributed by atoms with Crippen molar-refractivity contribution in [3.63, 3.8) is 0 Å². The average Bonchev–Trinajstić information content (AvgIpc) is 2.62. The van der Waals surface area contributed by atoms with Crippen LogP contribution in [-0.4, -0.2) is 33.5 Å². The Morgan fingerprint density at radius 2 is 1.89 bits per heavy atom. The molecule has 0 fully saturated rings. The SMILES string of the molecule is CCOC(=O)c1ccc(S(=O)(=O)Nc2ccccc2OCCC(N)=O)c(Br)c1. The van der Waals surface area contributed by atoms with Gasteiger partial charge >= 0.3 is 5.97 Å². The Balaban J connectivity index is 2.25. The predicted octanol–water partition coefficient (Wildman–Crippen LogP) is 2.68. The largest absolute Gasteiger partial charge is 0.491 e. The number of esters is 1. The number of hydrogen-bond donors (Lipinski definition) is 2. The van der Waals surface area contributed by atoms with Gasteiger partial charge in [0.1, 0.15) is 10.6 Å². The van der Waals surface area contributed by atoms with Crippen molar-refractivity contribution in [3.8, 4) is 5.75 Å². The summed E-state index contributed by atoms with van der Waals surface area (Å²) < 4.78 is 38.5. The minimum atomic E-state index is -3.98. The van der Waals surface area contributed by atoms with Gasteiger partial charge in [0.2, 0.25) is 5.91 Å². The van der Waals surface area contributed by atoms with Gasteiger partial charge in [-0.1, -0.05) is 12.1 Å². The molecule has 0 bridgehead atoms. The summed E-state index contributed by atoms with van der Waals surface area (Å²) >= 11 is 3.18. The molecule has 150 valence electrons. The number of para-hydroxylation sites is 2. The number of rotatable bonds is 9. The van der Waals surface area contributed by atoms with Crippen LogP contribution in [0.25, 0.3) is 0 Å². The fourth-order valence-electron chi connectivity index (χ4n) is 2.20. The lowest BCUT2D eigenvalue weighted by Crippen LogP contribution is -2.17. The van der Waals surface area contributed by atoms with Gasteiger partial charge in [-0.2, -0.15) is 0 Å². The summed E-state index contributed by atoms with van der Waals surface area (Å²) in [5.41, 5.74) is 5.50. The van der Waals surface area contributed by atoms with E-state index in [1.807, 2.05) is 0 Å². The van der Waals surface area contributed by atoms with Crippen LogP contribution in [-0.2, 0) is 19.6 Å². The number of nitrogens with one attached hydrogen (secondary N) is 1. The molecule has 0 saturated heterocycles. The predicted molar refractivity (Wildman–Crippen MR) is 107 cm³/mol. The number of halogens is 1. The first-order valence-electron chi connectivity index (χ1n) is 8.24. The van der Waals surface area contributed by atoms with E-state index in [1.54, 1.807) is 25.1 Å². The van der Waals surface area contributed by atoms with Gasteiger partial charge < -0.3 is 15.2 Å². The number of anilines is 1. The van der Waals surface area contributed by atoms with Crippen molar-refractivity contribution in [2.45, 2.75) is 18.2 Å². The first-order valence-corrected chi connectivity index (χ1v) is 10.5. The number of carbonyl (C=O) groups is 2. The van der Waals surface area contributed by atoms with Crippen molar-refractivity contribution in [3.05, 3.63) is 52.5 Å². The summed E-state index contributed by atoms with van der Waals surface area (Å²) in [6.45, 7) is 1.91. The van der Waals surface area contributed by atoms with Crippen LogP contribution in [0.3, 0.4) is 0 Å². The third-order valence-corrected chi connectivity index (χ3v) is 5.81. The lowest BCUT2D eigenvalue weighted by atomic mass is 10.2. The summed E-state index contributed by atoms with van der Waals surface area (Å²) in [5, 5.41) is 0. The lowest BCUT2D eigenvalue weighted by Gasteiger charge is -2.14. The Kier molecular flexibility index (Phi) is 7.41. The quantitative estimate of drug-likeness (QED) is 0.542. The van der Waals surface area contributed by atoms with Gasteiger partial charge in [-0.15, -0.1) is 0 Å². The molecular weight excluding hydrogens is 452 g/mol. The van der Waals surface area contributed by atoms with E-state index in [1.165, 1.54) is 24.3 Å². The van der Waals surface area contributed by atoms with Crippen LogP contribution < -0.4 is 15.2 Å². The number of benzene rings is 2. The molecule has 0 atom stereocenters. The highest BCUT2D eigenvalue weighted by Crippen LogP contribution is 2.30. The molecule has 2 rings (SSSR count). The zero-order chi connectivity index (χ0) is 20.7. The van der Waals surface area contributed by atoms with Crippen molar-refractivity contribution in [2.24, 2.45) is 5.73 Å². The molecule has 0 radical (unpaired) electrons. The summed E-state index contributed by atoms with van der Waals surface area (Å²) in [6.07, 6.45) is 0.00194. The second-order valence-corrected chi connectivity index (χ2v) is 8.04. The molecule has 1 amide bonds. The molecule has 0 aromatic heterocycles. The van der Waals surface area contributed by atoms with Gasteiger partial charge in [0.05, 0.1) is 30.9 Å². The van der Waals surface area contributed by atoms with Crippen molar-refractivity contribution in [1.29, 1.82) is 0 Å². The molecule has 0 aliphatic carbocycles. The number of primary amides is 1. The van der Waals surface area contributed by atoms with Gasteiger partial charge in [-0.3, -0.25) is 9.52 Å². The fraction of sp³-hybridized carbons (Fsp3) is 0.222. The molecule has 3 N–H and O–H groups in total. The third kappa shape index (κ3) is 5.70. The molecule has 0 aliphatic rings. The van der Waals surface area contributed by atoms with Crippen molar-refractivity contribution >= 4 is 43.5 Å². The third-order valence-electron chi connectivity index (χ3n) is 3.47. The number of amides is 1. The molecule has 10 heteroatoms. The van der Waals surface area contributed by atoms with Gasteiger partial charge in [-0.25, -0.2) is 13.2 Å². The van der Waals surface area contributed by atoms with E-state index >= 15 is 0 Å². The molecule has 8 nitrogen and oxygen atoms in total. The normalized spacial score (nSPS) is 10.9. The highest BCUT2D eigenvalue weighted by Gasteiger charge is 2.21. The second kappa shape index (κ2) is 9.56. The monoisotopic (exact) mass is 470 g/mol. The average molecular weight is 471 g/mol. The maximum absolute atomic E-state index is 12.8. The van der Waals surface area contributed by atoms with Crippen molar-refractivity contribution in [2.75, 3.05) is 17.9 Å². The van der Waals surface area contributed by atoms with Crippen LogP contribution in [0.5, 0.6) is 5.75 Å². The van der Waals surface area contributed by atoms with Crippen LogP contribution in [0.2, 0.25) is 0 Å². The number of ether oxygens (including phenoxy) is 2. The van der Waals surface area contributed by atoms with Gasteiger partial charge in [0.25, 0.3) is 10.0 Å². The van der Waals surface area contributed by atoms with Crippen LogP contribution in [0.4, 0.5) is 5.69 Å². The number of sulfonamides is 1. The summed E-state index contributed by atoms with van der Waals surface area (Å²) in [6, 6.07) is 10.4. The van der Waals surface area contributed by atoms with E-state index in [0.29, 0.717) is 0 Å². The number of carbonyl (C=O) groups excluding carboxylic acids is 2. The van der Waals surface area contributed by atoms with E-state index in [9.17, 15) is 18.0 Å². The molecule has 0 heterocycles. The number of nitrogens with two attached hydrogens (primary N) is 1. The van der Waals surface area contributed by atoms with Crippen LogP contribution in [0, 0.1) is 0 Å². The van der Waals surface area contributed by atoms with Crippen LogP contribution in [0.15, 0.2) is 51.8 Å². The van der Waals surface area contributed by atoms with E-state index in [-0.39, 0.29) is 46.0 Å². The summed E-state index contributed by atoms with van der Waals surface area (Å²) in [5.74, 6) is -0.816. The van der Waals surface area contributed by atoms with Crippen molar-refractivity contribution in [1.82, 2.24) is 0 Å².